The van der Waals surface area contributed by atoms with Crippen LogP contribution in [-0.2, 0) is 20.3 Å². The Labute approximate surface area is 180 Å². The molecular formula is C23H23NO6S. The van der Waals surface area contributed by atoms with Gasteiger partial charge in [0.1, 0.15) is 0 Å². The van der Waals surface area contributed by atoms with Crippen LogP contribution >= 0.6 is 0 Å². The molecule has 2 aromatic heterocycles. The van der Waals surface area contributed by atoms with Crippen molar-refractivity contribution < 1.29 is 27.2 Å². The van der Waals surface area contributed by atoms with E-state index in [0.717, 1.165) is 24.2 Å². The molecule has 0 saturated heterocycles. The summed E-state index contributed by atoms with van der Waals surface area (Å²) >= 11 is 0. The number of sulfone groups is 1. The van der Waals surface area contributed by atoms with Crippen LogP contribution in [0.2, 0.25) is 0 Å². The number of benzene rings is 1. The monoisotopic (exact) mass is 441 g/mol. The van der Waals surface area contributed by atoms with Gasteiger partial charge in [-0.2, -0.15) is 0 Å². The first kappa shape index (κ1) is 21.1. The third-order valence-electron chi connectivity index (χ3n) is 5.41. The average molecular weight is 442 g/mol. The van der Waals surface area contributed by atoms with Gasteiger partial charge in [0.05, 0.1) is 16.9 Å². The van der Waals surface area contributed by atoms with Crippen LogP contribution in [0.1, 0.15) is 56.7 Å². The third-order valence-corrected chi connectivity index (χ3v) is 7.09. The summed E-state index contributed by atoms with van der Waals surface area (Å²) in [5, 5.41) is 0. The maximum absolute atomic E-state index is 12.6. The molecule has 0 unspecified atom stereocenters. The van der Waals surface area contributed by atoms with Gasteiger partial charge >= 0.3 is 5.97 Å². The number of furan rings is 1. The topological polar surface area (TPSA) is 95.6 Å². The van der Waals surface area contributed by atoms with Gasteiger partial charge < -0.3 is 13.7 Å². The van der Waals surface area contributed by atoms with E-state index in [1.54, 1.807) is 18.2 Å². The second-order valence-electron chi connectivity index (χ2n) is 7.73. The summed E-state index contributed by atoms with van der Waals surface area (Å²) in [6.07, 6.45) is 3.44. The van der Waals surface area contributed by atoms with Crippen molar-refractivity contribution in [3.63, 3.8) is 0 Å². The van der Waals surface area contributed by atoms with Crippen LogP contribution in [0, 0.1) is 13.8 Å². The molecule has 0 aliphatic heterocycles. The lowest BCUT2D eigenvalue weighted by Gasteiger charge is -2.08. The minimum Gasteiger partial charge on any atom is -0.457 e. The number of aryl methyl sites for hydroxylation is 1. The predicted molar refractivity (Wildman–Crippen MR) is 113 cm³/mol. The normalized spacial score (nSPS) is 13.9. The molecule has 2 heterocycles. The summed E-state index contributed by atoms with van der Waals surface area (Å²) in [6.45, 7) is 3.40. The number of nitrogens with zero attached hydrogens (tertiary/aromatic N) is 1. The maximum Gasteiger partial charge on any atom is 0.374 e. The molecule has 1 saturated carbocycles. The van der Waals surface area contributed by atoms with E-state index in [1.807, 2.05) is 19.9 Å². The Morgan fingerprint density at radius 1 is 1.13 bits per heavy atom. The van der Waals surface area contributed by atoms with Gasteiger partial charge in [-0.05, 0) is 51.0 Å². The molecule has 0 N–H and O–H groups in total. The van der Waals surface area contributed by atoms with Crippen LogP contribution in [-0.4, -0.2) is 31.3 Å². The quantitative estimate of drug-likeness (QED) is 0.387. The number of carbonyl (C=O) groups is 2. The van der Waals surface area contributed by atoms with Crippen LogP contribution in [0.3, 0.4) is 0 Å². The second kappa shape index (κ2) is 8.19. The van der Waals surface area contributed by atoms with Crippen molar-refractivity contribution in [1.29, 1.82) is 0 Å². The maximum atomic E-state index is 12.6. The predicted octanol–water partition coefficient (Wildman–Crippen LogP) is 4.05. The summed E-state index contributed by atoms with van der Waals surface area (Å²) in [6, 6.07) is 11.6. The van der Waals surface area contributed by atoms with Crippen molar-refractivity contribution >= 4 is 21.6 Å². The molecule has 31 heavy (non-hydrogen) atoms. The molecule has 7 nitrogen and oxygen atoms in total. The summed E-state index contributed by atoms with van der Waals surface area (Å²) in [5.74, 6) is -1.80. The van der Waals surface area contributed by atoms with Crippen molar-refractivity contribution in [3.8, 4) is 0 Å². The zero-order chi connectivity index (χ0) is 22.2. The lowest BCUT2D eigenvalue weighted by atomic mass is 10.1. The van der Waals surface area contributed by atoms with E-state index >= 15 is 0 Å². The highest BCUT2D eigenvalue weighted by molar-refractivity contribution is 7.90. The number of hydrogen-bond acceptors (Lipinski definition) is 6. The zero-order valence-corrected chi connectivity index (χ0v) is 18.1. The zero-order valence-electron chi connectivity index (χ0n) is 17.3. The molecule has 162 valence electrons. The number of Topliss-reactive ketones (excluding diaryl/α,β-unsaturated/α-hetero) is 1. The number of hydrogen-bond donors (Lipinski definition) is 0. The summed E-state index contributed by atoms with van der Waals surface area (Å²) in [7, 11) is -3.66. The molecule has 0 amide bonds. The highest BCUT2D eigenvalue weighted by atomic mass is 32.2. The molecule has 0 atom stereocenters. The van der Waals surface area contributed by atoms with Crippen molar-refractivity contribution in [3.05, 3.63) is 77.0 Å². The fourth-order valence-electron chi connectivity index (χ4n) is 3.77. The number of rotatable bonds is 8. The largest absolute Gasteiger partial charge is 0.457 e. The first-order valence-electron chi connectivity index (χ1n) is 10.0. The first-order chi connectivity index (χ1) is 14.8. The fraction of sp³-hybridized carbons (Fsp3) is 0.304. The van der Waals surface area contributed by atoms with Gasteiger partial charge in [0.2, 0.25) is 11.5 Å². The lowest BCUT2D eigenvalue weighted by molar-refractivity contribution is 0.0442. The molecule has 1 aliphatic carbocycles. The van der Waals surface area contributed by atoms with E-state index in [9.17, 15) is 18.0 Å². The van der Waals surface area contributed by atoms with E-state index in [4.69, 9.17) is 9.15 Å². The highest BCUT2D eigenvalue weighted by Gasteiger charge is 2.29. The van der Waals surface area contributed by atoms with Gasteiger partial charge in [-0.1, -0.05) is 18.2 Å². The van der Waals surface area contributed by atoms with Gasteiger partial charge in [-0.3, -0.25) is 4.79 Å². The average Bonchev–Trinajstić information content (AvgIpc) is 3.39. The van der Waals surface area contributed by atoms with Crippen LogP contribution in [0.15, 0.2) is 58.0 Å². The molecule has 8 heteroatoms. The second-order valence-corrected chi connectivity index (χ2v) is 9.72. The Morgan fingerprint density at radius 2 is 1.84 bits per heavy atom. The minimum atomic E-state index is -3.66. The van der Waals surface area contributed by atoms with Gasteiger partial charge in [0, 0.05) is 28.6 Å². The van der Waals surface area contributed by atoms with Crippen LogP contribution in [0.25, 0.3) is 0 Å². The summed E-state index contributed by atoms with van der Waals surface area (Å²) < 4.78 is 37.7. The summed E-state index contributed by atoms with van der Waals surface area (Å²) in [5.41, 5.74) is 2.60. The lowest BCUT2D eigenvalue weighted by Crippen LogP contribution is -2.16. The molecule has 1 aliphatic rings. The van der Waals surface area contributed by atoms with Gasteiger partial charge in [-0.15, -0.1) is 0 Å². The SMILES string of the molecule is Cc1cc(C(=O)COC(=O)c2occc2CS(=O)(=O)c2ccccc2)c(C)n1C1CC1. The van der Waals surface area contributed by atoms with E-state index in [0.29, 0.717) is 11.6 Å². The third kappa shape index (κ3) is 4.34. The molecular weight excluding hydrogens is 418 g/mol. The van der Waals surface area contributed by atoms with E-state index in [-0.39, 0.29) is 22.0 Å². The van der Waals surface area contributed by atoms with Crippen molar-refractivity contribution in [2.24, 2.45) is 0 Å². The Morgan fingerprint density at radius 3 is 2.52 bits per heavy atom. The number of esters is 1. The van der Waals surface area contributed by atoms with Crippen molar-refractivity contribution in [2.75, 3.05) is 6.61 Å². The minimum absolute atomic E-state index is 0.150. The Bertz CT molecular complexity index is 1230. The Balaban J connectivity index is 1.44. The number of ketones is 1. The molecule has 1 fully saturated rings. The van der Waals surface area contributed by atoms with Crippen LogP contribution in [0.4, 0.5) is 0 Å². The van der Waals surface area contributed by atoms with Crippen molar-refractivity contribution in [1.82, 2.24) is 4.57 Å². The van der Waals surface area contributed by atoms with Crippen LogP contribution in [0.5, 0.6) is 0 Å². The standard InChI is InChI=1S/C23H23NO6S/c1-15-12-20(16(2)24(15)18-8-9-18)21(25)13-30-23(26)22-17(10-11-29-22)14-31(27,28)19-6-4-3-5-7-19/h3-7,10-12,18H,8-9,13-14H2,1-2H3. The van der Waals surface area contributed by atoms with Crippen LogP contribution < -0.4 is 0 Å². The number of aromatic nitrogens is 1. The van der Waals surface area contributed by atoms with Crippen molar-refractivity contribution in [2.45, 2.75) is 43.4 Å². The van der Waals surface area contributed by atoms with Gasteiger partial charge in [0.15, 0.2) is 16.4 Å². The molecule has 3 aromatic rings. The molecule has 1 aromatic carbocycles. The summed E-state index contributed by atoms with van der Waals surface area (Å²) in [4.78, 5) is 25.3. The smallest absolute Gasteiger partial charge is 0.374 e. The van der Waals surface area contributed by atoms with E-state index in [2.05, 4.69) is 4.57 Å². The molecule has 0 radical (unpaired) electrons. The number of carbonyl (C=O) groups excluding carboxylic acids is 2. The Hall–Kier alpha value is -3.13. The first-order valence-corrected chi connectivity index (χ1v) is 11.7. The van der Waals surface area contributed by atoms with E-state index in [1.165, 1.54) is 24.5 Å². The number of ether oxygens (including phenoxy) is 1. The highest BCUT2D eigenvalue weighted by Crippen LogP contribution is 2.38. The molecule has 4 rings (SSSR count). The molecule has 0 spiro atoms. The fourth-order valence-corrected chi connectivity index (χ4v) is 5.15. The van der Waals surface area contributed by atoms with Gasteiger partial charge in [0.25, 0.3) is 0 Å². The van der Waals surface area contributed by atoms with E-state index < -0.39 is 28.2 Å². The van der Waals surface area contributed by atoms with Gasteiger partial charge in [-0.25, -0.2) is 13.2 Å². The molecule has 0 bridgehead atoms. The Kier molecular flexibility index (Phi) is 5.58.